The van der Waals surface area contributed by atoms with E-state index in [2.05, 4.69) is 10.3 Å². The molecule has 1 aromatic heterocycles. The van der Waals surface area contributed by atoms with Crippen LogP contribution in [-0.2, 0) is 17.2 Å². The summed E-state index contributed by atoms with van der Waals surface area (Å²) in [4.78, 5) is 0. The van der Waals surface area contributed by atoms with Gasteiger partial charge in [0.25, 0.3) is 0 Å². The fourth-order valence-electron chi connectivity index (χ4n) is 3.29. The second kappa shape index (κ2) is 5.17. The zero-order chi connectivity index (χ0) is 12.4. The van der Waals surface area contributed by atoms with Gasteiger partial charge in [0.15, 0.2) is 0 Å². The maximum absolute atomic E-state index is 6.32. The van der Waals surface area contributed by atoms with E-state index in [0.29, 0.717) is 12.0 Å². The molecule has 0 radical (unpaired) electrons. The largest absolute Gasteiger partial charge is 0.370 e. The number of hydrogen-bond acceptors (Lipinski definition) is 3. The van der Waals surface area contributed by atoms with E-state index in [0.717, 1.165) is 18.7 Å². The van der Waals surface area contributed by atoms with Gasteiger partial charge < -0.3 is 4.74 Å². The van der Waals surface area contributed by atoms with Gasteiger partial charge in [-0.2, -0.15) is 0 Å². The number of hydrogen-bond donors (Lipinski definition) is 0. The van der Waals surface area contributed by atoms with Crippen molar-refractivity contribution in [2.24, 2.45) is 0 Å². The van der Waals surface area contributed by atoms with Crippen molar-refractivity contribution in [3.63, 3.8) is 0 Å². The zero-order valence-corrected chi connectivity index (χ0v) is 11.4. The van der Waals surface area contributed by atoms with Crippen molar-refractivity contribution < 1.29 is 4.74 Å². The van der Waals surface area contributed by atoms with Crippen LogP contribution in [0.3, 0.4) is 0 Å². The van der Waals surface area contributed by atoms with Crippen molar-refractivity contribution in [2.45, 2.75) is 69.1 Å². The third-order valence-corrected chi connectivity index (χ3v) is 4.49. The third kappa shape index (κ3) is 2.54. The lowest BCUT2D eigenvalue weighted by atomic mass is 9.83. The summed E-state index contributed by atoms with van der Waals surface area (Å²) < 4.78 is 8.18. The van der Waals surface area contributed by atoms with Crippen LogP contribution in [-0.4, -0.2) is 26.7 Å². The van der Waals surface area contributed by atoms with Crippen LogP contribution >= 0.6 is 11.6 Å². The fraction of sp³-hybridized carbons (Fsp3) is 0.846. The summed E-state index contributed by atoms with van der Waals surface area (Å²) in [6.45, 7) is 0.811. The highest BCUT2D eigenvalue weighted by Crippen LogP contribution is 2.42. The normalized spacial score (nSPS) is 26.8. The standard InChI is InChI=1S/C13H20ClN3O/c14-8-11-9-17(16-15-11)10-12-4-7-13(18-12)5-2-1-3-6-13/h9,12H,1-8,10H2. The van der Waals surface area contributed by atoms with Gasteiger partial charge in [-0.05, 0) is 25.7 Å². The van der Waals surface area contributed by atoms with Gasteiger partial charge in [0, 0.05) is 6.20 Å². The summed E-state index contributed by atoms with van der Waals surface area (Å²) >= 11 is 5.73. The Hall–Kier alpha value is -0.610. The van der Waals surface area contributed by atoms with E-state index < -0.39 is 0 Å². The van der Waals surface area contributed by atoms with Crippen molar-refractivity contribution >= 4 is 11.6 Å². The molecule has 1 aromatic rings. The summed E-state index contributed by atoms with van der Waals surface area (Å²) in [5, 5.41) is 8.09. The fourth-order valence-corrected chi connectivity index (χ4v) is 3.41. The lowest BCUT2D eigenvalue weighted by Gasteiger charge is -2.33. The zero-order valence-electron chi connectivity index (χ0n) is 10.6. The lowest BCUT2D eigenvalue weighted by Crippen LogP contribution is -2.32. The Kier molecular flexibility index (Phi) is 3.57. The minimum absolute atomic E-state index is 0.193. The molecule has 1 spiro atoms. The molecule has 18 heavy (non-hydrogen) atoms. The third-order valence-electron chi connectivity index (χ3n) is 4.22. The van der Waals surface area contributed by atoms with Crippen LogP contribution in [0.5, 0.6) is 0 Å². The predicted octanol–water partition coefficient (Wildman–Crippen LogP) is 2.90. The molecule has 1 unspecified atom stereocenters. The Labute approximate surface area is 113 Å². The summed E-state index contributed by atoms with van der Waals surface area (Å²) in [6.07, 6.45) is 11.1. The molecule has 2 aliphatic rings. The molecule has 1 aliphatic carbocycles. The van der Waals surface area contributed by atoms with Gasteiger partial charge in [-0.1, -0.05) is 24.5 Å². The maximum Gasteiger partial charge on any atom is 0.0974 e. The van der Waals surface area contributed by atoms with E-state index in [-0.39, 0.29) is 5.60 Å². The first-order chi connectivity index (χ1) is 8.80. The summed E-state index contributed by atoms with van der Waals surface area (Å²) in [6, 6.07) is 0. The van der Waals surface area contributed by atoms with Crippen molar-refractivity contribution in [2.75, 3.05) is 0 Å². The summed E-state index contributed by atoms with van der Waals surface area (Å²) in [5.41, 5.74) is 1.03. The first-order valence-electron chi connectivity index (χ1n) is 6.92. The Bertz CT molecular complexity index is 401. The van der Waals surface area contributed by atoms with Crippen molar-refractivity contribution in [1.29, 1.82) is 0 Å². The topological polar surface area (TPSA) is 39.9 Å². The van der Waals surface area contributed by atoms with Crippen LogP contribution < -0.4 is 0 Å². The monoisotopic (exact) mass is 269 g/mol. The lowest BCUT2D eigenvalue weighted by molar-refractivity contribution is -0.0689. The molecule has 1 aliphatic heterocycles. The highest BCUT2D eigenvalue weighted by molar-refractivity contribution is 6.16. The highest BCUT2D eigenvalue weighted by Gasteiger charge is 2.40. The molecule has 0 N–H and O–H groups in total. The van der Waals surface area contributed by atoms with Crippen molar-refractivity contribution in [3.05, 3.63) is 11.9 Å². The SMILES string of the molecule is ClCc1cn(CC2CCC3(CCCCC3)O2)nn1. The molecule has 0 aromatic carbocycles. The Morgan fingerprint density at radius 2 is 2.17 bits per heavy atom. The molecule has 2 fully saturated rings. The van der Waals surface area contributed by atoms with Crippen LogP contribution in [0, 0.1) is 0 Å². The minimum Gasteiger partial charge on any atom is -0.370 e. The first-order valence-corrected chi connectivity index (χ1v) is 7.46. The van der Waals surface area contributed by atoms with Gasteiger partial charge >= 0.3 is 0 Å². The van der Waals surface area contributed by atoms with Gasteiger partial charge in [-0.25, -0.2) is 4.68 Å². The second-order valence-electron chi connectivity index (χ2n) is 5.59. The van der Waals surface area contributed by atoms with E-state index in [4.69, 9.17) is 16.3 Å². The summed E-state index contributed by atoms with van der Waals surface area (Å²) in [7, 11) is 0. The van der Waals surface area contributed by atoms with E-state index in [1.165, 1.54) is 38.5 Å². The molecular formula is C13H20ClN3O. The molecule has 4 nitrogen and oxygen atoms in total. The first kappa shape index (κ1) is 12.4. The van der Waals surface area contributed by atoms with E-state index in [9.17, 15) is 0 Å². The quantitative estimate of drug-likeness (QED) is 0.792. The molecule has 1 atom stereocenters. The Balaban J connectivity index is 1.58. The average Bonchev–Trinajstić information content (AvgIpc) is 2.99. The van der Waals surface area contributed by atoms with Crippen LogP contribution in [0.2, 0.25) is 0 Å². The molecule has 1 saturated carbocycles. The van der Waals surface area contributed by atoms with E-state index >= 15 is 0 Å². The molecular weight excluding hydrogens is 250 g/mol. The number of alkyl halides is 1. The highest BCUT2D eigenvalue weighted by atomic mass is 35.5. The van der Waals surface area contributed by atoms with Crippen LogP contribution in [0.1, 0.15) is 50.6 Å². The van der Waals surface area contributed by atoms with Gasteiger partial charge in [0.1, 0.15) is 0 Å². The van der Waals surface area contributed by atoms with Crippen molar-refractivity contribution in [1.82, 2.24) is 15.0 Å². The molecule has 3 rings (SSSR count). The molecule has 2 heterocycles. The average molecular weight is 270 g/mol. The van der Waals surface area contributed by atoms with Gasteiger partial charge in [0.2, 0.25) is 0 Å². The number of aromatic nitrogens is 3. The molecule has 0 bridgehead atoms. The minimum atomic E-state index is 0.193. The number of rotatable bonds is 3. The van der Waals surface area contributed by atoms with Crippen LogP contribution in [0.4, 0.5) is 0 Å². The Morgan fingerprint density at radius 3 is 2.89 bits per heavy atom. The van der Waals surface area contributed by atoms with Gasteiger partial charge in [0.05, 0.1) is 29.8 Å². The van der Waals surface area contributed by atoms with E-state index in [1.807, 2.05) is 10.9 Å². The van der Waals surface area contributed by atoms with Crippen molar-refractivity contribution in [3.8, 4) is 0 Å². The molecule has 100 valence electrons. The van der Waals surface area contributed by atoms with Crippen LogP contribution in [0.15, 0.2) is 6.20 Å². The number of ether oxygens (including phenoxy) is 1. The van der Waals surface area contributed by atoms with E-state index in [1.54, 1.807) is 0 Å². The van der Waals surface area contributed by atoms with Gasteiger partial charge in [-0.15, -0.1) is 16.7 Å². The predicted molar refractivity (Wildman–Crippen MR) is 69.5 cm³/mol. The Morgan fingerprint density at radius 1 is 1.33 bits per heavy atom. The maximum atomic E-state index is 6.32. The number of nitrogens with zero attached hydrogens (tertiary/aromatic N) is 3. The molecule has 5 heteroatoms. The number of halogens is 1. The summed E-state index contributed by atoms with van der Waals surface area (Å²) in [5.74, 6) is 0.426. The molecule has 1 saturated heterocycles. The van der Waals surface area contributed by atoms with Crippen LogP contribution in [0.25, 0.3) is 0 Å². The second-order valence-corrected chi connectivity index (χ2v) is 5.86. The smallest absolute Gasteiger partial charge is 0.0974 e. The molecule has 0 amide bonds. The van der Waals surface area contributed by atoms with Gasteiger partial charge in [-0.3, -0.25) is 0 Å².